The molecule has 0 saturated heterocycles. The van der Waals surface area contributed by atoms with Crippen molar-refractivity contribution in [2.24, 2.45) is 3.34 Å². The molecule has 0 aromatic rings. The third kappa shape index (κ3) is 61.3. The van der Waals surface area contributed by atoms with Gasteiger partial charge in [0.1, 0.15) is 0 Å². The van der Waals surface area contributed by atoms with E-state index in [0.29, 0.717) is 0 Å². The second-order valence-corrected chi connectivity index (χ2v) is 10.1. The Hall–Kier alpha value is -0.160. The average Bonchev–Trinajstić information content (AvgIpc) is 2.19. The van der Waals surface area contributed by atoms with Crippen molar-refractivity contribution in [3.05, 3.63) is 23.0 Å². The van der Waals surface area contributed by atoms with Gasteiger partial charge in [-0.05, 0) is 20.8 Å². The first kappa shape index (κ1) is 27.7. The molecule has 4 nitrogen and oxygen atoms in total. The van der Waals surface area contributed by atoms with Crippen LogP contribution in [-0.2, 0) is 20.9 Å². The van der Waals surface area contributed by atoms with Gasteiger partial charge in [-0.15, -0.1) is 11.1 Å². The molecule has 0 radical (unpaired) electrons. The number of hydrogen-bond donors (Lipinski definition) is 1. The van der Waals surface area contributed by atoms with Crippen molar-refractivity contribution in [1.29, 1.82) is 0 Å². The van der Waals surface area contributed by atoms with Gasteiger partial charge in [0.15, 0.2) is 0 Å². The molecule has 0 saturated carbocycles. The fourth-order valence-corrected chi connectivity index (χ4v) is 0.514. The Labute approximate surface area is 157 Å². The third-order valence-electron chi connectivity index (χ3n) is 1.29. The van der Waals surface area contributed by atoms with Crippen LogP contribution in [0.1, 0.15) is 83.1 Å². The molecule has 0 aromatic heterocycles. The molecule has 0 spiro atoms. The molecule has 0 unspecified atom stereocenters. The molecule has 0 aromatic carbocycles. The van der Waals surface area contributed by atoms with Crippen LogP contribution in [0.25, 0.3) is 10.6 Å². The van der Waals surface area contributed by atoms with E-state index >= 15 is 0 Å². The molecular weight excluding hydrogens is 455 g/mol. The van der Waals surface area contributed by atoms with Crippen LogP contribution in [0.5, 0.6) is 0 Å². The quantitative estimate of drug-likeness (QED) is 0.496. The zero-order chi connectivity index (χ0) is 19.5. The maximum absolute atomic E-state index is 8.52. The average molecular weight is 494 g/mol. The van der Waals surface area contributed by atoms with Crippen molar-refractivity contribution in [3.63, 3.8) is 0 Å². The number of rotatable bonds is 2. The zero-order valence-electron chi connectivity index (χ0n) is 17.4. The van der Waals surface area contributed by atoms with E-state index in [-0.39, 0.29) is 16.6 Å². The van der Waals surface area contributed by atoms with Crippen LogP contribution < -0.4 is 0 Å². The van der Waals surface area contributed by atoms with Gasteiger partial charge in [-0.3, -0.25) is 0 Å². The second kappa shape index (κ2) is 11.4. The Morgan fingerprint density at radius 2 is 0.870 bits per heavy atom. The Morgan fingerprint density at radius 3 is 0.957 bits per heavy atom. The van der Waals surface area contributed by atoms with Crippen LogP contribution in [0.2, 0.25) is 0 Å². The van der Waals surface area contributed by atoms with Crippen LogP contribution >= 0.6 is 0 Å². The van der Waals surface area contributed by atoms with Gasteiger partial charge >= 0.3 is 50.5 Å². The van der Waals surface area contributed by atoms with Gasteiger partial charge in [0.2, 0.25) is 0 Å². The summed E-state index contributed by atoms with van der Waals surface area (Å²) < 4.78 is 4.13. The van der Waals surface area contributed by atoms with Crippen molar-refractivity contribution < 1.29 is 26.0 Å². The van der Waals surface area contributed by atoms with E-state index in [4.69, 9.17) is 5.11 Å². The number of nitrogens with zero attached hydrogens (tertiary/aromatic N) is 3. The molecule has 139 valence electrons. The Bertz CT molecular complexity index is 302. The van der Waals surface area contributed by atoms with Gasteiger partial charge in [-0.2, -0.15) is 0 Å². The molecule has 23 heavy (non-hydrogen) atoms. The van der Waals surface area contributed by atoms with E-state index in [1.807, 2.05) is 0 Å². The summed E-state index contributed by atoms with van der Waals surface area (Å²) in [6.45, 7) is 23.9. The van der Waals surface area contributed by atoms with Crippen molar-refractivity contribution >= 4 is 0 Å². The molecule has 0 rings (SSSR count). The van der Waals surface area contributed by atoms with Crippen LogP contribution in [0.4, 0.5) is 0 Å². The van der Waals surface area contributed by atoms with Crippen LogP contribution in [0, 0.1) is 0 Å². The maximum atomic E-state index is 8.52. The van der Waals surface area contributed by atoms with Crippen molar-refractivity contribution in [1.82, 2.24) is 0 Å². The monoisotopic (exact) mass is 494 g/mol. The first-order valence-electron chi connectivity index (χ1n) is 7.94. The van der Waals surface area contributed by atoms with Gasteiger partial charge in [-0.25, -0.2) is 12.4 Å². The normalized spacial score (nSPS) is 12.5. The minimum absolute atomic E-state index is 0.00387. The minimum atomic E-state index is -0.500. The second-order valence-electron chi connectivity index (χ2n) is 9.34. The summed E-state index contributed by atoms with van der Waals surface area (Å²) >= 11 is 1.15. The summed E-state index contributed by atoms with van der Waals surface area (Å²) in [5.74, 6) is 0. The molecule has 0 amide bonds. The summed E-state index contributed by atoms with van der Waals surface area (Å²) in [4.78, 5) is 0. The van der Waals surface area contributed by atoms with Gasteiger partial charge in [0.05, 0.1) is 5.60 Å². The molecular formula is C18H39N3OTa-2. The topological polar surface area (TPSA) is 60.8 Å². The van der Waals surface area contributed by atoms with Crippen molar-refractivity contribution in [2.75, 3.05) is 0 Å². The van der Waals surface area contributed by atoms with E-state index in [9.17, 15) is 0 Å². The van der Waals surface area contributed by atoms with Crippen LogP contribution in [0.3, 0.4) is 0 Å². The molecule has 0 aliphatic heterocycles. The van der Waals surface area contributed by atoms with E-state index in [1.165, 1.54) is 0 Å². The summed E-state index contributed by atoms with van der Waals surface area (Å²) in [6, 6.07) is 0. The Morgan fingerprint density at radius 1 is 0.696 bits per heavy atom. The number of aliphatic hydroxyl groups is 1. The molecule has 1 N–H and O–H groups in total. The predicted octanol–water partition coefficient (Wildman–Crippen LogP) is 6.09. The van der Waals surface area contributed by atoms with E-state index in [2.05, 4.69) is 76.3 Å². The Kier molecular flexibility index (Phi) is 13.7. The van der Waals surface area contributed by atoms with Gasteiger partial charge in [0.25, 0.3) is 0 Å². The van der Waals surface area contributed by atoms with Gasteiger partial charge in [0, 0.05) is 0 Å². The summed E-state index contributed by atoms with van der Waals surface area (Å²) in [5.41, 5.74) is -0.276. The molecule has 0 heterocycles. The molecule has 0 aliphatic rings. The zero-order valence-corrected chi connectivity index (χ0v) is 20.6. The fourth-order valence-electron chi connectivity index (χ4n) is 0.514. The molecule has 0 atom stereocenters. The van der Waals surface area contributed by atoms with Crippen LogP contribution in [0.15, 0.2) is 15.7 Å². The van der Waals surface area contributed by atoms with Crippen molar-refractivity contribution in [3.8, 4) is 0 Å². The van der Waals surface area contributed by atoms with Crippen molar-refractivity contribution in [2.45, 2.75) is 105 Å². The summed E-state index contributed by atoms with van der Waals surface area (Å²) in [6.07, 6.45) is 3.54. The fraction of sp³-hybridized carbons (Fsp3) is 0.889. The van der Waals surface area contributed by atoms with Gasteiger partial charge in [-0.1, -0.05) is 41.5 Å². The first-order valence-corrected chi connectivity index (χ1v) is 9.38. The van der Waals surface area contributed by atoms with Gasteiger partial charge < -0.3 is 15.7 Å². The third-order valence-corrected chi connectivity index (χ3v) is 3.45. The van der Waals surface area contributed by atoms with E-state index in [0.717, 1.165) is 20.9 Å². The summed E-state index contributed by atoms with van der Waals surface area (Å²) in [7, 11) is 0. The molecule has 0 fully saturated rings. The molecule has 5 heteroatoms. The van der Waals surface area contributed by atoms with E-state index < -0.39 is 5.60 Å². The summed E-state index contributed by atoms with van der Waals surface area (Å²) in [5, 5.41) is 17.1. The SMILES string of the molecule is CC(C)(C)O.CC(C)(C)[N-]/C=C\[N-]C(C)(C)C.CC(C)(C)[N]=[Ta]. The number of hydrogen-bond acceptors (Lipinski definition) is 2. The molecule has 0 aliphatic carbocycles. The van der Waals surface area contributed by atoms with E-state index in [1.54, 1.807) is 33.2 Å². The predicted molar refractivity (Wildman–Crippen MR) is 99.5 cm³/mol. The van der Waals surface area contributed by atoms with Crippen LogP contribution in [-0.4, -0.2) is 27.3 Å². The standard InChI is InChI=1S/C10H20N2.C4H9N.C4H10O.Ta/c1-9(2,3)11-7-8-12-10(4,5)6;2*1-4(2,3)5;/h7-8H,1-6H3;1-3H3;5H,1-3H3;/q-2;;;/b8-7-;;;. The molecule has 0 bridgehead atoms. The first-order chi connectivity index (χ1) is 9.77. The Balaban J connectivity index is -0.000000303.